The number of aliphatic hydroxyl groups is 1. The highest BCUT2D eigenvalue weighted by molar-refractivity contribution is 9.09. The normalized spacial score (nSPS) is 28.4. The summed E-state index contributed by atoms with van der Waals surface area (Å²) in [6, 6.07) is 16.4. The topological polar surface area (TPSA) is 102 Å². The zero-order valence-electron chi connectivity index (χ0n) is 22.9. The molecule has 1 spiro atoms. The van der Waals surface area contributed by atoms with Crippen LogP contribution in [0.3, 0.4) is 0 Å². The number of nitrogens with one attached hydrogen (secondary N) is 2. The SMILES string of the molecule is CCN(CC)c1ccc(NC(=O)C2N(CCCCO)C(=O)[C@@H]3[C@@H](C(=O)Nc4ccccc4)[C@@H]4SC23CC4Br)cc1. The van der Waals surface area contributed by atoms with E-state index in [1.54, 1.807) is 16.7 Å². The smallest absolute Gasteiger partial charge is 0.248 e. The lowest BCUT2D eigenvalue weighted by Gasteiger charge is -2.35. The molecule has 3 aliphatic rings. The minimum Gasteiger partial charge on any atom is -0.396 e. The summed E-state index contributed by atoms with van der Waals surface area (Å²) in [6.07, 6.45) is 1.75. The number of fused-ring (bicyclic) bond motifs is 1. The van der Waals surface area contributed by atoms with E-state index >= 15 is 0 Å². The van der Waals surface area contributed by atoms with Gasteiger partial charge in [0.15, 0.2) is 0 Å². The summed E-state index contributed by atoms with van der Waals surface area (Å²) in [5.41, 5.74) is 2.45. The molecule has 0 aliphatic carbocycles. The van der Waals surface area contributed by atoms with Crippen molar-refractivity contribution in [1.29, 1.82) is 0 Å². The molecule has 0 aromatic heterocycles. The van der Waals surface area contributed by atoms with Crippen molar-refractivity contribution < 1.29 is 19.5 Å². The van der Waals surface area contributed by atoms with Crippen molar-refractivity contribution >= 4 is 62.5 Å². The number of rotatable bonds is 11. The van der Waals surface area contributed by atoms with E-state index < -0.39 is 22.6 Å². The predicted molar refractivity (Wildman–Crippen MR) is 164 cm³/mol. The first-order valence-electron chi connectivity index (χ1n) is 14.1. The van der Waals surface area contributed by atoms with Gasteiger partial charge in [0, 0.05) is 53.4 Å². The fourth-order valence-electron chi connectivity index (χ4n) is 6.67. The van der Waals surface area contributed by atoms with Crippen LogP contribution in [0, 0.1) is 11.8 Å². The molecule has 3 amide bonds. The van der Waals surface area contributed by atoms with Crippen LogP contribution >= 0.6 is 27.7 Å². The van der Waals surface area contributed by atoms with Crippen molar-refractivity contribution in [3.05, 3.63) is 54.6 Å². The number of benzene rings is 2. The Morgan fingerprint density at radius 2 is 1.68 bits per heavy atom. The number of halogens is 1. The molecule has 3 fully saturated rings. The number of nitrogens with zero attached hydrogens (tertiary/aromatic N) is 2. The highest BCUT2D eigenvalue weighted by Crippen LogP contribution is 2.67. The average molecular weight is 630 g/mol. The van der Waals surface area contributed by atoms with E-state index in [1.165, 1.54) is 0 Å². The van der Waals surface area contributed by atoms with Gasteiger partial charge in [0.25, 0.3) is 0 Å². The van der Waals surface area contributed by atoms with Gasteiger partial charge in [0.2, 0.25) is 17.7 Å². The fourth-order valence-corrected chi connectivity index (χ4v) is 10.3. The number of amides is 3. The Hall–Kier alpha value is -2.56. The number of aliphatic hydroxyl groups excluding tert-OH is 1. The quantitative estimate of drug-likeness (QED) is 0.253. The molecule has 3 heterocycles. The second-order valence-corrected chi connectivity index (χ2v) is 13.4. The Morgan fingerprint density at radius 3 is 2.33 bits per heavy atom. The van der Waals surface area contributed by atoms with E-state index in [1.807, 2.05) is 54.6 Å². The molecule has 2 aromatic carbocycles. The molecule has 40 heavy (non-hydrogen) atoms. The summed E-state index contributed by atoms with van der Waals surface area (Å²) < 4.78 is -0.709. The summed E-state index contributed by atoms with van der Waals surface area (Å²) in [5.74, 6) is -1.70. The van der Waals surface area contributed by atoms with Gasteiger partial charge >= 0.3 is 0 Å². The third-order valence-corrected chi connectivity index (χ3v) is 11.7. The van der Waals surface area contributed by atoms with Crippen molar-refractivity contribution in [1.82, 2.24) is 4.90 Å². The number of hydrogen-bond donors (Lipinski definition) is 3. The van der Waals surface area contributed by atoms with Crippen molar-refractivity contribution in [2.75, 3.05) is 41.8 Å². The van der Waals surface area contributed by atoms with Gasteiger partial charge in [-0.25, -0.2) is 0 Å². The number of anilines is 3. The zero-order valence-corrected chi connectivity index (χ0v) is 25.3. The van der Waals surface area contributed by atoms with Gasteiger partial charge in [-0.1, -0.05) is 34.1 Å². The number of likely N-dealkylation sites (tertiary alicyclic amines) is 1. The standard InChI is InChI=1S/C30H37BrN4O4S/c1-3-34(4-2)21-14-12-20(13-15-21)33-28(38)26-30-18-22(31)25(40-30)23(27(37)32-19-10-6-5-7-11-19)24(30)29(39)35(26)16-8-9-17-36/h5-7,10-15,22-26,36H,3-4,8-9,16-18H2,1-2H3,(H,32,37)(H,33,38)/t22?,23-,24+,25-,26?,30?/m1/s1. The summed E-state index contributed by atoms with van der Waals surface area (Å²) >= 11 is 5.43. The monoisotopic (exact) mass is 628 g/mol. The number of carbonyl (C=O) groups excluding carboxylic acids is 3. The Morgan fingerprint density at radius 1 is 1.02 bits per heavy atom. The summed E-state index contributed by atoms with van der Waals surface area (Å²) in [5, 5.41) is 15.4. The molecule has 3 aliphatic heterocycles. The summed E-state index contributed by atoms with van der Waals surface area (Å²) in [7, 11) is 0. The highest BCUT2D eigenvalue weighted by atomic mass is 79.9. The van der Waals surface area contributed by atoms with E-state index in [-0.39, 0.29) is 34.4 Å². The first-order chi connectivity index (χ1) is 19.3. The van der Waals surface area contributed by atoms with Crippen molar-refractivity contribution in [2.45, 2.75) is 54.0 Å². The van der Waals surface area contributed by atoms with E-state index in [0.717, 1.165) is 18.8 Å². The number of alkyl halides is 1. The molecule has 0 saturated carbocycles. The van der Waals surface area contributed by atoms with E-state index in [9.17, 15) is 19.5 Å². The van der Waals surface area contributed by atoms with Gasteiger partial charge in [-0.05, 0) is 69.5 Å². The van der Waals surface area contributed by atoms with Gasteiger partial charge < -0.3 is 25.5 Å². The van der Waals surface area contributed by atoms with Crippen LogP contribution in [0.15, 0.2) is 54.6 Å². The lowest BCUT2D eigenvalue weighted by molar-refractivity contribution is -0.138. The molecule has 6 atom stereocenters. The molecule has 3 unspecified atom stereocenters. The molecular weight excluding hydrogens is 592 g/mol. The molecule has 3 saturated heterocycles. The molecule has 10 heteroatoms. The number of carbonyl (C=O) groups is 3. The summed E-state index contributed by atoms with van der Waals surface area (Å²) in [6.45, 7) is 6.39. The Balaban J connectivity index is 1.43. The van der Waals surface area contributed by atoms with Crippen LogP contribution < -0.4 is 15.5 Å². The predicted octanol–water partition coefficient (Wildman–Crippen LogP) is 4.35. The third kappa shape index (κ3) is 5.14. The van der Waals surface area contributed by atoms with Crippen molar-refractivity contribution in [2.24, 2.45) is 11.8 Å². The van der Waals surface area contributed by atoms with Gasteiger partial charge in [-0.15, -0.1) is 11.8 Å². The molecule has 8 nitrogen and oxygen atoms in total. The molecule has 214 valence electrons. The van der Waals surface area contributed by atoms with Crippen LogP contribution in [-0.2, 0) is 14.4 Å². The molecule has 3 N–H and O–H groups in total. The molecule has 5 rings (SSSR count). The number of hydrogen-bond acceptors (Lipinski definition) is 6. The van der Waals surface area contributed by atoms with Gasteiger partial charge in [0.05, 0.1) is 16.6 Å². The molecule has 0 radical (unpaired) electrons. The van der Waals surface area contributed by atoms with Crippen molar-refractivity contribution in [3.8, 4) is 0 Å². The summed E-state index contributed by atoms with van der Waals surface area (Å²) in [4.78, 5) is 45.7. The Kier molecular flexibility index (Phi) is 8.78. The van der Waals surface area contributed by atoms with Crippen LogP contribution in [0.5, 0.6) is 0 Å². The lowest BCUT2D eigenvalue weighted by Crippen LogP contribution is -2.52. The van der Waals surface area contributed by atoms with Crippen LogP contribution in [-0.4, -0.2) is 74.8 Å². The lowest BCUT2D eigenvalue weighted by atomic mass is 9.70. The van der Waals surface area contributed by atoms with Crippen molar-refractivity contribution in [3.63, 3.8) is 0 Å². The van der Waals surface area contributed by atoms with Crippen LogP contribution in [0.25, 0.3) is 0 Å². The molecule has 2 aromatic rings. The maximum absolute atomic E-state index is 14.1. The Labute approximate surface area is 248 Å². The zero-order chi connectivity index (χ0) is 28.4. The third-order valence-electron chi connectivity index (χ3n) is 8.45. The fraction of sp³-hybridized carbons (Fsp3) is 0.500. The minimum atomic E-state index is -0.712. The highest BCUT2D eigenvalue weighted by Gasteiger charge is 2.75. The van der Waals surface area contributed by atoms with E-state index in [4.69, 9.17) is 0 Å². The molecule has 2 bridgehead atoms. The van der Waals surface area contributed by atoms with Gasteiger partial charge in [-0.3, -0.25) is 14.4 Å². The van der Waals surface area contributed by atoms with Crippen LogP contribution in [0.1, 0.15) is 33.1 Å². The second-order valence-electron chi connectivity index (χ2n) is 10.7. The largest absolute Gasteiger partial charge is 0.396 e. The second kappa shape index (κ2) is 12.1. The molecular formula is C30H37BrN4O4S. The Bertz CT molecular complexity index is 1230. The first kappa shape index (κ1) is 29.0. The van der Waals surface area contributed by atoms with E-state index in [2.05, 4.69) is 45.3 Å². The van der Waals surface area contributed by atoms with Crippen LogP contribution in [0.2, 0.25) is 0 Å². The average Bonchev–Trinajstić information content (AvgIpc) is 3.54. The van der Waals surface area contributed by atoms with Gasteiger partial charge in [0.1, 0.15) is 6.04 Å². The number of unbranched alkanes of at least 4 members (excludes halogenated alkanes) is 1. The first-order valence-corrected chi connectivity index (χ1v) is 15.9. The number of thioether (sulfide) groups is 1. The minimum absolute atomic E-state index is 0.00844. The van der Waals surface area contributed by atoms with Gasteiger partial charge in [-0.2, -0.15) is 0 Å². The maximum Gasteiger partial charge on any atom is 0.248 e. The number of para-hydroxylation sites is 1. The van der Waals surface area contributed by atoms with Crippen LogP contribution in [0.4, 0.5) is 17.1 Å². The maximum atomic E-state index is 14.1. The van der Waals surface area contributed by atoms with E-state index in [0.29, 0.717) is 37.2 Å².